The molecule has 2 heterocycles. The largest absolute Gasteiger partial charge is 0.341 e. The number of carbonyl (C=O) groups is 1. The Morgan fingerprint density at radius 1 is 1.29 bits per heavy atom. The molecule has 0 spiro atoms. The van der Waals surface area contributed by atoms with Gasteiger partial charge < -0.3 is 10.2 Å². The van der Waals surface area contributed by atoms with Crippen LogP contribution in [0.4, 0.5) is 0 Å². The Morgan fingerprint density at radius 2 is 2.21 bits per heavy atom. The van der Waals surface area contributed by atoms with E-state index < -0.39 is 0 Å². The van der Waals surface area contributed by atoms with Crippen molar-refractivity contribution in [3.63, 3.8) is 0 Å². The molecule has 1 amide bonds. The quantitative estimate of drug-likeness (QED) is 0.718. The number of likely N-dealkylation sites (tertiary alicyclic amines) is 1. The van der Waals surface area contributed by atoms with Gasteiger partial charge >= 0.3 is 0 Å². The summed E-state index contributed by atoms with van der Waals surface area (Å²) < 4.78 is 0. The van der Waals surface area contributed by atoms with Gasteiger partial charge in [-0.1, -0.05) is 6.42 Å². The smallest absolute Gasteiger partial charge is 0.222 e. The van der Waals surface area contributed by atoms with Crippen LogP contribution in [0.1, 0.15) is 38.5 Å². The molecule has 0 saturated carbocycles. The van der Waals surface area contributed by atoms with E-state index in [4.69, 9.17) is 0 Å². The molecule has 3 heteroatoms. The van der Waals surface area contributed by atoms with Crippen LogP contribution >= 0.6 is 0 Å². The van der Waals surface area contributed by atoms with Crippen LogP contribution in [0, 0.1) is 0 Å². The van der Waals surface area contributed by atoms with Crippen molar-refractivity contribution >= 4 is 5.91 Å². The molecule has 14 heavy (non-hydrogen) atoms. The predicted molar refractivity (Wildman–Crippen MR) is 56.1 cm³/mol. The predicted octanol–water partition coefficient (Wildman–Crippen LogP) is 1.14. The molecule has 0 aromatic heterocycles. The summed E-state index contributed by atoms with van der Waals surface area (Å²) in [5.41, 5.74) is 0. The first-order chi connectivity index (χ1) is 6.86. The third-order valence-electron chi connectivity index (χ3n) is 3.27. The zero-order valence-corrected chi connectivity index (χ0v) is 8.80. The highest BCUT2D eigenvalue weighted by Crippen LogP contribution is 2.14. The highest BCUT2D eigenvalue weighted by atomic mass is 16.2. The number of rotatable bonds is 2. The Morgan fingerprint density at radius 3 is 2.93 bits per heavy atom. The van der Waals surface area contributed by atoms with Gasteiger partial charge in [-0.2, -0.15) is 0 Å². The molecular formula is C11H20N2O. The first-order valence-electron chi connectivity index (χ1n) is 5.87. The third-order valence-corrected chi connectivity index (χ3v) is 3.27. The summed E-state index contributed by atoms with van der Waals surface area (Å²) in [5.74, 6) is 0.364. The van der Waals surface area contributed by atoms with E-state index in [-0.39, 0.29) is 0 Å². The topological polar surface area (TPSA) is 32.3 Å². The summed E-state index contributed by atoms with van der Waals surface area (Å²) in [6, 6.07) is 0.561. The zero-order chi connectivity index (χ0) is 9.80. The van der Waals surface area contributed by atoms with Crippen molar-refractivity contribution in [2.24, 2.45) is 0 Å². The molecule has 0 radical (unpaired) electrons. The maximum atomic E-state index is 11.6. The lowest BCUT2D eigenvalue weighted by Gasteiger charge is -2.32. The van der Waals surface area contributed by atoms with E-state index in [0.717, 1.165) is 32.5 Å². The molecule has 80 valence electrons. The van der Waals surface area contributed by atoms with Gasteiger partial charge in [0.05, 0.1) is 0 Å². The Kier molecular flexibility index (Phi) is 3.40. The van der Waals surface area contributed by atoms with Crippen LogP contribution in [0.3, 0.4) is 0 Å². The van der Waals surface area contributed by atoms with Gasteiger partial charge in [0.25, 0.3) is 0 Å². The van der Waals surface area contributed by atoms with Crippen molar-refractivity contribution in [2.45, 2.75) is 44.6 Å². The molecule has 0 aromatic carbocycles. The lowest BCUT2D eigenvalue weighted by atomic mass is 10.0. The number of nitrogens with zero attached hydrogens (tertiary/aromatic N) is 1. The van der Waals surface area contributed by atoms with Crippen molar-refractivity contribution in [3.8, 4) is 0 Å². The Hall–Kier alpha value is -0.570. The molecule has 0 aliphatic carbocycles. The summed E-state index contributed by atoms with van der Waals surface area (Å²) in [4.78, 5) is 13.6. The summed E-state index contributed by atoms with van der Waals surface area (Å²) in [6.45, 7) is 3.06. The molecule has 0 aromatic rings. The summed E-state index contributed by atoms with van der Waals surface area (Å²) in [7, 11) is 0. The van der Waals surface area contributed by atoms with Crippen LogP contribution in [0.5, 0.6) is 0 Å². The fourth-order valence-corrected chi connectivity index (χ4v) is 2.40. The number of amides is 1. The van der Waals surface area contributed by atoms with Crippen molar-refractivity contribution < 1.29 is 4.79 Å². The molecule has 2 rings (SSSR count). The maximum Gasteiger partial charge on any atom is 0.222 e. The normalized spacial score (nSPS) is 29.3. The molecule has 3 nitrogen and oxygen atoms in total. The van der Waals surface area contributed by atoms with Gasteiger partial charge in [-0.3, -0.25) is 4.79 Å². The lowest BCUT2D eigenvalue weighted by Crippen LogP contribution is -2.47. The molecular weight excluding hydrogens is 176 g/mol. The number of piperidine rings is 2. The first-order valence-corrected chi connectivity index (χ1v) is 5.87. The molecule has 2 fully saturated rings. The standard InChI is InChI=1S/C11H20N2O/c14-11-6-2-4-8-13(11)9-10-5-1-3-7-12-10/h10,12H,1-9H2. The molecule has 2 aliphatic rings. The molecule has 2 aliphatic heterocycles. The molecule has 0 bridgehead atoms. The SMILES string of the molecule is O=C1CCCCN1CC1CCCCN1. The van der Waals surface area contributed by atoms with Gasteiger partial charge in [0, 0.05) is 25.6 Å². The minimum absolute atomic E-state index is 0.364. The second-order valence-corrected chi connectivity index (χ2v) is 4.44. The summed E-state index contributed by atoms with van der Waals surface area (Å²) in [5, 5.41) is 3.49. The number of carbonyl (C=O) groups excluding carboxylic acids is 1. The van der Waals surface area contributed by atoms with Crippen molar-refractivity contribution in [1.82, 2.24) is 10.2 Å². The van der Waals surface area contributed by atoms with Gasteiger partial charge in [-0.15, -0.1) is 0 Å². The first kappa shape index (κ1) is 9.97. The van der Waals surface area contributed by atoms with Crippen LogP contribution < -0.4 is 5.32 Å². The fourth-order valence-electron chi connectivity index (χ4n) is 2.40. The lowest BCUT2D eigenvalue weighted by molar-refractivity contribution is -0.133. The van der Waals surface area contributed by atoms with Crippen LogP contribution in [0.25, 0.3) is 0 Å². The third kappa shape index (κ3) is 2.47. The van der Waals surface area contributed by atoms with Crippen LogP contribution in [-0.4, -0.2) is 36.5 Å². The van der Waals surface area contributed by atoms with Gasteiger partial charge in [0.1, 0.15) is 0 Å². The molecule has 1 unspecified atom stereocenters. The maximum absolute atomic E-state index is 11.6. The van der Waals surface area contributed by atoms with E-state index >= 15 is 0 Å². The average molecular weight is 196 g/mol. The van der Waals surface area contributed by atoms with Gasteiger partial charge in [-0.25, -0.2) is 0 Å². The van der Waals surface area contributed by atoms with Gasteiger partial charge in [0.15, 0.2) is 0 Å². The van der Waals surface area contributed by atoms with Crippen LogP contribution in [0.2, 0.25) is 0 Å². The minimum Gasteiger partial charge on any atom is -0.341 e. The number of hydrogen-bond acceptors (Lipinski definition) is 2. The fraction of sp³-hybridized carbons (Fsp3) is 0.909. The zero-order valence-electron chi connectivity index (χ0n) is 8.80. The van der Waals surface area contributed by atoms with Crippen molar-refractivity contribution in [3.05, 3.63) is 0 Å². The summed E-state index contributed by atoms with van der Waals surface area (Å²) in [6.07, 6.45) is 6.91. The summed E-state index contributed by atoms with van der Waals surface area (Å²) >= 11 is 0. The van der Waals surface area contributed by atoms with E-state index in [9.17, 15) is 4.79 Å². The monoisotopic (exact) mass is 196 g/mol. The van der Waals surface area contributed by atoms with Gasteiger partial charge in [0.2, 0.25) is 5.91 Å². The molecule has 2 saturated heterocycles. The van der Waals surface area contributed by atoms with E-state index in [1.165, 1.54) is 25.7 Å². The highest BCUT2D eigenvalue weighted by Gasteiger charge is 2.22. The molecule has 1 atom stereocenters. The van der Waals surface area contributed by atoms with E-state index in [2.05, 4.69) is 5.32 Å². The van der Waals surface area contributed by atoms with E-state index in [1.54, 1.807) is 0 Å². The minimum atomic E-state index is 0.364. The Labute approximate surface area is 85.8 Å². The Bertz CT molecular complexity index is 199. The van der Waals surface area contributed by atoms with Crippen LogP contribution in [-0.2, 0) is 4.79 Å². The second kappa shape index (κ2) is 4.78. The number of nitrogens with one attached hydrogen (secondary N) is 1. The second-order valence-electron chi connectivity index (χ2n) is 4.44. The van der Waals surface area contributed by atoms with Crippen molar-refractivity contribution in [2.75, 3.05) is 19.6 Å². The van der Waals surface area contributed by atoms with Gasteiger partial charge in [-0.05, 0) is 32.2 Å². The average Bonchev–Trinajstić information content (AvgIpc) is 2.23. The van der Waals surface area contributed by atoms with E-state index in [1.807, 2.05) is 4.90 Å². The van der Waals surface area contributed by atoms with Crippen molar-refractivity contribution in [1.29, 1.82) is 0 Å². The highest BCUT2D eigenvalue weighted by molar-refractivity contribution is 5.76. The van der Waals surface area contributed by atoms with Crippen LogP contribution in [0.15, 0.2) is 0 Å². The molecule has 1 N–H and O–H groups in total. The van der Waals surface area contributed by atoms with E-state index in [0.29, 0.717) is 11.9 Å². The Balaban J connectivity index is 1.79. The number of hydrogen-bond donors (Lipinski definition) is 1.